The van der Waals surface area contributed by atoms with Crippen molar-refractivity contribution in [3.05, 3.63) is 0 Å². The molecule has 0 aromatic heterocycles. The molecule has 0 amide bonds. The number of nitrogens with zero attached hydrogens (tertiary/aromatic N) is 1. The number of piperidine rings is 1. The predicted octanol–water partition coefficient (Wildman–Crippen LogP) is 1.74. The number of carbonyl (C=O) groups excluding carboxylic acids is 1. The Morgan fingerprint density at radius 1 is 1.08 bits per heavy atom. The Kier molecular flexibility index (Phi) is 2.18. The minimum absolute atomic E-state index is 0.509. The van der Waals surface area contributed by atoms with Crippen LogP contribution in [0.15, 0.2) is 0 Å². The molecule has 2 bridgehead atoms. The molecule has 2 rings (SSSR count). The SMILES string of the molecule is C[N+]1(C)C2CCCCC1CC(=O)C2. The van der Waals surface area contributed by atoms with Crippen LogP contribution in [0.2, 0.25) is 0 Å². The topological polar surface area (TPSA) is 17.1 Å². The van der Waals surface area contributed by atoms with Gasteiger partial charge in [0.15, 0.2) is 0 Å². The van der Waals surface area contributed by atoms with Gasteiger partial charge in [-0.25, -0.2) is 0 Å². The Morgan fingerprint density at radius 2 is 1.54 bits per heavy atom. The normalized spacial score (nSPS) is 38.5. The number of hydrogen-bond donors (Lipinski definition) is 0. The molecule has 2 heteroatoms. The zero-order valence-electron chi connectivity index (χ0n) is 8.75. The molecular weight excluding hydrogens is 162 g/mol. The third-order valence-corrected chi connectivity index (χ3v) is 4.13. The first kappa shape index (κ1) is 9.20. The average molecular weight is 182 g/mol. The van der Waals surface area contributed by atoms with Crippen molar-refractivity contribution in [3.8, 4) is 0 Å². The lowest BCUT2D eigenvalue weighted by molar-refractivity contribution is -0.939. The monoisotopic (exact) mass is 182 g/mol. The molecule has 2 fully saturated rings. The molecule has 0 aromatic carbocycles. The van der Waals surface area contributed by atoms with Crippen molar-refractivity contribution in [2.75, 3.05) is 14.1 Å². The Labute approximate surface area is 80.5 Å². The van der Waals surface area contributed by atoms with Crippen LogP contribution in [-0.2, 0) is 4.79 Å². The van der Waals surface area contributed by atoms with E-state index < -0.39 is 0 Å². The quantitative estimate of drug-likeness (QED) is 0.521. The number of ketones is 1. The smallest absolute Gasteiger partial charge is 0.144 e. The Bertz CT molecular complexity index is 202. The summed E-state index contributed by atoms with van der Waals surface area (Å²) in [6.45, 7) is 0. The molecule has 2 saturated heterocycles. The molecule has 0 aromatic rings. The van der Waals surface area contributed by atoms with Crippen LogP contribution in [-0.4, -0.2) is 36.4 Å². The highest BCUT2D eigenvalue weighted by Gasteiger charge is 2.43. The van der Waals surface area contributed by atoms with Gasteiger partial charge in [-0.1, -0.05) is 0 Å². The second-order valence-corrected chi connectivity index (χ2v) is 5.17. The Balaban J connectivity index is 2.24. The fourth-order valence-corrected chi connectivity index (χ4v) is 3.01. The van der Waals surface area contributed by atoms with Gasteiger partial charge in [0, 0.05) is 0 Å². The minimum atomic E-state index is 0.509. The third kappa shape index (κ3) is 1.52. The van der Waals surface area contributed by atoms with Gasteiger partial charge in [-0.2, -0.15) is 0 Å². The molecule has 2 nitrogen and oxygen atoms in total. The first-order valence-electron chi connectivity index (χ1n) is 5.46. The number of hydrogen-bond acceptors (Lipinski definition) is 1. The van der Waals surface area contributed by atoms with E-state index in [2.05, 4.69) is 14.1 Å². The predicted molar refractivity (Wildman–Crippen MR) is 52.4 cm³/mol. The molecule has 2 heterocycles. The van der Waals surface area contributed by atoms with Gasteiger partial charge in [0.1, 0.15) is 5.78 Å². The summed E-state index contributed by atoms with van der Waals surface area (Å²) in [6.07, 6.45) is 6.85. The zero-order chi connectivity index (χ0) is 9.47. The molecule has 0 N–H and O–H groups in total. The molecule has 74 valence electrons. The van der Waals surface area contributed by atoms with Crippen LogP contribution >= 0.6 is 0 Å². The van der Waals surface area contributed by atoms with Gasteiger partial charge >= 0.3 is 0 Å². The lowest BCUT2D eigenvalue weighted by Crippen LogP contribution is -2.59. The van der Waals surface area contributed by atoms with Crippen LogP contribution in [0, 0.1) is 0 Å². The maximum absolute atomic E-state index is 11.5. The fraction of sp³-hybridized carbons (Fsp3) is 0.909. The second kappa shape index (κ2) is 3.09. The number of Topliss-reactive ketones (excluding diaryl/α,β-unsaturated/α-hetero) is 1. The zero-order valence-corrected chi connectivity index (χ0v) is 8.75. The largest absolute Gasteiger partial charge is 0.323 e. The van der Waals surface area contributed by atoms with Crippen LogP contribution < -0.4 is 0 Å². The van der Waals surface area contributed by atoms with Crippen molar-refractivity contribution >= 4 is 5.78 Å². The van der Waals surface area contributed by atoms with E-state index in [1.54, 1.807) is 0 Å². The molecule has 2 unspecified atom stereocenters. The molecule has 0 aliphatic carbocycles. The summed E-state index contributed by atoms with van der Waals surface area (Å²) in [5, 5.41) is 0. The van der Waals surface area contributed by atoms with E-state index in [4.69, 9.17) is 0 Å². The molecular formula is C11H20NO+. The summed E-state index contributed by atoms with van der Waals surface area (Å²) >= 11 is 0. The first-order chi connectivity index (χ1) is 6.10. The molecule has 2 aliphatic heterocycles. The number of carbonyl (C=O) groups is 1. The standard InChI is InChI=1S/C11H20NO/c1-12(2)9-5-3-4-6-10(12)8-11(13)7-9/h9-10H,3-8H2,1-2H3/q+1. The highest BCUT2D eigenvalue weighted by Crippen LogP contribution is 2.34. The summed E-state index contributed by atoms with van der Waals surface area (Å²) < 4.78 is 1.10. The molecule has 2 atom stereocenters. The van der Waals surface area contributed by atoms with E-state index in [1.807, 2.05) is 0 Å². The van der Waals surface area contributed by atoms with E-state index in [1.165, 1.54) is 25.7 Å². The van der Waals surface area contributed by atoms with Crippen molar-refractivity contribution in [2.24, 2.45) is 0 Å². The minimum Gasteiger partial charge on any atom is -0.323 e. The van der Waals surface area contributed by atoms with Crippen LogP contribution in [0.4, 0.5) is 0 Å². The number of rotatable bonds is 0. The first-order valence-corrected chi connectivity index (χ1v) is 5.46. The Hall–Kier alpha value is -0.370. The number of fused-ring (bicyclic) bond motifs is 2. The van der Waals surface area contributed by atoms with Gasteiger partial charge in [0.2, 0.25) is 0 Å². The summed E-state index contributed by atoms with van der Waals surface area (Å²) in [7, 11) is 4.63. The maximum Gasteiger partial charge on any atom is 0.144 e. The van der Waals surface area contributed by atoms with Gasteiger partial charge in [-0.15, -0.1) is 0 Å². The fourth-order valence-electron chi connectivity index (χ4n) is 3.01. The van der Waals surface area contributed by atoms with E-state index in [0.29, 0.717) is 17.9 Å². The van der Waals surface area contributed by atoms with Gasteiger partial charge in [0.05, 0.1) is 39.0 Å². The van der Waals surface area contributed by atoms with Crippen LogP contribution in [0.3, 0.4) is 0 Å². The molecule has 0 spiro atoms. The van der Waals surface area contributed by atoms with E-state index in [9.17, 15) is 4.79 Å². The summed E-state index contributed by atoms with van der Waals surface area (Å²) in [5.74, 6) is 0.509. The molecule has 0 radical (unpaired) electrons. The van der Waals surface area contributed by atoms with Crippen molar-refractivity contribution < 1.29 is 9.28 Å². The molecule has 0 saturated carbocycles. The van der Waals surface area contributed by atoms with E-state index in [-0.39, 0.29) is 0 Å². The average Bonchev–Trinajstić information content (AvgIpc) is 2.18. The van der Waals surface area contributed by atoms with E-state index >= 15 is 0 Å². The van der Waals surface area contributed by atoms with Gasteiger partial charge in [-0.3, -0.25) is 4.79 Å². The number of quaternary nitrogens is 1. The van der Waals surface area contributed by atoms with Crippen LogP contribution in [0.1, 0.15) is 38.5 Å². The van der Waals surface area contributed by atoms with Gasteiger partial charge in [0.25, 0.3) is 0 Å². The van der Waals surface area contributed by atoms with Crippen molar-refractivity contribution in [3.63, 3.8) is 0 Å². The molecule has 13 heavy (non-hydrogen) atoms. The highest BCUT2D eigenvalue weighted by molar-refractivity contribution is 5.80. The summed E-state index contributed by atoms with van der Waals surface area (Å²) in [5.41, 5.74) is 0. The maximum atomic E-state index is 11.5. The molecule has 2 aliphatic rings. The van der Waals surface area contributed by atoms with Crippen molar-refractivity contribution in [2.45, 2.75) is 50.6 Å². The lowest BCUT2D eigenvalue weighted by Gasteiger charge is -2.45. The second-order valence-electron chi connectivity index (χ2n) is 5.17. The third-order valence-electron chi connectivity index (χ3n) is 4.13. The van der Waals surface area contributed by atoms with Crippen molar-refractivity contribution in [1.82, 2.24) is 0 Å². The lowest BCUT2D eigenvalue weighted by atomic mass is 9.91. The van der Waals surface area contributed by atoms with Crippen molar-refractivity contribution in [1.29, 1.82) is 0 Å². The van der Waals surface area contributed by atoms with Crippen LogP contribution in [0.25, 0.3) is 0 Å². The summed E-state index contributed by atoms with van der Waals surface area (Å²) in [6, 6.07) is 1.24. The van der Waals surface area contributed by atoms with Gasteiger partial charge in [-0.05, 0) is 25.7 Å². The summed E-state index contributed by atoms with van der Waals surface area (Å²) in [4.78, 5) is 11.5. The Morgan fingerprint density at radius 3 is 2.00 bits per heavy atom. The van der Waals surface area contributed by atoms with E-state index in [0.717, 1.165) is 17.3 Å². The highest BCUT2D eigenvalue weighted by atomic mass is 16.1. The van der Waals surface area contributed by atoms with Gasteiger partial charge < -0.3 is 4.48 Å². The van der Waals surface area contributed by atoms with Crippen LogP contribution in [0.5, 0.6) is 0 Å².